The standard InChI is InChI=1S/C18H24N2O2/c1-22-18(11-20-17(21)14-2-4-19-5-3-14)15-7-12-6-13(9-15)10-16(18)8-12/h2-5,12-13,15-16H,6-11H2,1H3,(H,20,21). The molecule has 0 radical (unpaired) electrons. The van der Waals surface area contributed by atoms with Crippen LogP contribution >= 0.6 is 0 Å². The average Bonchev–Trinajstić information content (AvgIpc) is 2.55. The lowest BCUT2D eigenvalue weighted by Crippen LogP contribution is -2.63. The summed E-state index contributed by atoms with van der Waals surface area (Å²) in [5, 5.41) is 3.13. The molecular weight excluding hydrogens is 276 g/mol. The maximum absolute atomic E-state index is 12.3. The summed E-state index contributed by atoms with van der Waals surface area (Å²) in [6.45, 7) is 0.638. The molecule has 0 saturated heterocycles. The van der Waals surface area contributed by atoms with Crippen LogP contribution in [0.4, 0.5) is 0 Å². The molecule has 5 rings (SSSR count). The SMILES string of the molecule is COC1(CNC(=O)c2ccncc2)C2CC3CC(C2)CC1C3. The van der Waals surface area contributed by atoms with Crippen molar-refractivity contribution >= 4 is 5.91 Å². The van der Waals surface area contributed by atoms with E-state index in [4.69, 9.17) is 4.74 Å². The molecule has 4 heteroatoms. The molecule has 1 aromatic heterocycles. The highest BCUT2D eigenvalue weighted by atomic mass is 16.5. The van der Waals surface area contributed by atoms with Crippen LogP contribution in [0, 0.1) is 23.7 Å². The molecule has 22 heavy (non-hydrogen) atoms. The van der Waals surface area contributed by atoms with Crippen molar-refractivity contribution in [3.8, 4) is 0 Å². The van der Waals surface area contributed by atoms with Crippen molar-refractivity contribution in [2.75, 3.05) is 13.7 Å². The molecule has 4 fully saturated rings. The van der Waals surface area contributed by atoms with Gasteiger partial charge in [-0.1, -0.05) is 0 Å². The summed E-state index contributed by atoms with van der Waals surface area (Å²) in [5.41, 5.74) is 0.529. The Bertz CT molecular complexity index is 529. The number of pyridine rings is 1. The van der Waals surface area contributed by atoms with Crippen molar-refractivity contribution < 1.29 is 9.53 Å². The van der Waals surface area contributed by atoms with Gasteiger partial charge in [-0.2, -0.15) is 0 Å². The third-order valence-corrected chi connectivity index (χ3v) is 6.37. The Hall–Kier alpha value is -1.42. The van der Waals surface area contributed by atoms with Crippen LogP contribution in [0.15, 0.2) is 24.5 Å². The molecule has 4 saturated carbocycles. The van der Waals surface area contributed by atoms with Gasteiger partial charge in [0, 0.05) is 31.6 Å². The van der Waals surface area contributed by atoms with E-state index in [9.17, 15) is 4.79 Å². The summed E-state index contributed by atoms with van der Waals surface area (Å²) in [6.07, 6.45) is 9.87. The predicted molar refractivity (Wildman–Crippen MR) is 83.4 cm³/mol. The molecule has 0 aliphatic heterocycles. The monoisotopic (exact) mass is 300 g/mol. The number of aromatic nitrogens is 1. The van der Waals surface area contributed by atoms with E-state index < -0.39 is 0 Å². The van der Waals surface area contributed by atoms with Gasteiger partial charge in [0.05, 0.1) is 5.60 Å². The first-order chi connectivity index (χ1) is 10.7. The van der Waals surface area contributed by atoms with E-state index >= 15 is 0 Å². The molecular formula is C18H24N2O2. The molecule has 0 atom stereocenters. The number of hydrogen-bond acceptors (Lipinski definition) is 3. The number of rotatable bonds is 4. The summed E-state index contributed by atoms with van der Waals surface area (Å²) in [7, 11) is 1.83. The summed E-state index contributed by atoms with van der Waals surface area (Å²) in [5.74, 6) is 3.02. The van der Waals surface area contributed by atoms with Crippen LogP contribution in [0.5, 0.6) is 0 Å². The van der Waals surface area contributed by atoms with Crippen LogP contribution in [-0.4, -0.2) is 30.1 Å². The number of ether oxygens (including phenoxy) is 1. The summed E-state index contributed by atoms with van der Waals surface area (Å²) < 4.78 is 6.07. The predicted octanol–water partition coefficient (Wildman–Crippen LogP) is 2.65. The molecule has 0 aromatic carbocycles. The number of nitrogens with zero attached hydrogens (tertiary/aromatic N) is 1. The molecule has 4 nitrogen and oxygen atoms in total. The molecule has 1 heterocycles. The van der Waals surface area contributed by atoms with Crippen molar-refractivity contribution in [1.29, 1.82) is 0 Å². The first-order valence-electron chi connectivity index (χ1n) is 8.44. The Balaban J connectivity index is 1.49. The van der Waals surface area contributed by atoms with E-state index in [1.807, 2.05) is 7.11 Å². The second kappa shape index (κ2) is 5.34. The Kier molecular flexibility index (Phi) is 3.44. The van der Waals surface area contributed by atoms with E-state index in [0.29, 0.717) is 23.9 Å². The van der Waals surface area contributed by atoms with Gasteiger partial charge in [0.1, 0.15) is 0 Å². The molecule has 1 aromatic rings. The second-order valence-electron chi connectivity index (χ2n) is 7.38. The summed E-state index contributed by atoms with van der Waals surface area (Å²) >= 11 is 0. The van der Waals surface area contributed by atoms with Gasteiger partial charge in [0.15, 0.2) is 0 Å². The lowest BCUT2D eigenvalue weighted by molar-refractivity contribution is -0.186. The van der Waals surface area contributed by atoms with Gasteiger partial charge in [0.25, 0.3) is 5.91 Å². The largest absolute Gasteiger partial charge is 0.376 e. The molecule has 0 spiro atoms. The highest BCUT2D eigenvalue weighted by Crippen LogP contribution is 2.59. The smallest absolute Gasteiger partial charge is 0.251 e. The van der Waals surface area contributed by atoms with Gasteiger partial charge in [-0.15, -0.1) is 0 Å². The van der Waals surface area contributed by atoms with Crippen molar-refractivity contribution in [3.05, 3.63) is 30.1 Å². The van der Waals surface area contributed by atoms with Crippen LogP contribution < -0.4 is 5.32 Å². The molecule has 1 N–H and O–H groups in total. The molecule has 1 amide bonds. The van der Waals surface area contributed by atoms with Crippen LogP contribution in [0.3, 0.4) is 0 Å². The first-order valence-corrected chi connectivity index (χ1v) is 8.44. The number of amides is 1. The van der Waals surface area contributed by atoms with E-state index in [2.05, 4.69) is 10.3 Å². The van der Waals surface area contributed by atoms with Crippen molar-refractivity contribution in [2.45, 2.75) is 37.7 Å². The third-order valence-electron chi connectivity index (χ3n) is 6.37. The Morgan fingerprint density at radius 1 is 1.18 bits per heavy atom. The fourth-order valence-electron chi connectivity index (χ4n) is 5.50. The average molecular weight is 300 g/mol. The fraction of sp³-hybridized carbons (Fsp3) is 0.667. The zero-order valence-corrected chi connectivity index (χ0v) is 13.1. The van der Waals surface area contributed by atoms with Crippen LogP contribution in [0.25, 0.3) is 0 Å². The van der Waals surface area contributed by atoms with Crippen LogP contribution in [0.1, 0.15) is 42.5 Å². The van der Waals surface area contributed by atoms with Crippen molar-refractivity contribution in [1.82, 2.24) is 10.3 Å². The topological polar surface area (TPSA) is 51.2 Å². The lowest BCUT2D eigenvalue weighted by atomic mass is 9.49. The Morgan fingerprint density at radius 3 is 2.32 bits per heavy atom. The number of methoxy groups -OCH3 is 1. The van der Waals surface area contributed by atoms with E-state index in [-0.39, 0.29) is 11.5 Å². The maximum Gasteiger partial charge on any atom is 0.251 e. The van der Waals surface area contributed by atoms with Gasteiger partial charge < -0.3 is 10.1 Å². The lowest BCUT2D eigenvalue weighted by Gasteiger charge is -2.60. The zero-order valence-electron chi connectivity index (χ0n) is 13.1. The minimum atomic E-state index is -0.143. The number of nitrogens with one attached hydrogen (secondary N) is 1. The van der Waals surface area contributed by atoms with E-state index in [0.717, 1.165) is 11.8 Å². The molecule has 4 aliphatic carbocycles. The van der Waals surface area contributed by atoms with Gasteiger partial charge >= 0.3 is 0 Å². The molecule has 4 aliphatic rings. The van der Waals surface area contributed by atoms with Crippen LogP contribution in [0.2, 0.25) is 0 Å². The third kappa shape index (κ3) is 2.16. The molecule has 0 unspecified atom stereocenters. The van der Waals surface area contributed by atoms with Crippen molar-refractivity contribution in [3.63, 3.8) is 0 Å². The minimum Gasteiger partial charge on any atom is -0.376 e. The second-order valence-corrected chi connectivity index (χ2v) is 7.38. The Morgan fingerprint density at radius 2 is 1.77 bits per heavy atom. The molecule has 118 valence electrons. The van der Waals surface area contributed by atoms with E-state index in [1.54, 1.807) is 24.5 Å². The highest BCUT2D eigenvalue weighted by molar-refractivity contribution is 5.94. The van der Waals surface area contributed by atoms with Gasteiger partial charge in [-0.3, -0.25) is 9.78 Å². The maximum atomic E-state index is 12.3. The number of carbonyl (C=O) groups is 1. The zero-order chi connectivity index (χ0) is 15.2. The van der Waals surface area contributed by atoms with E-state index in [1.165, 1.54) is 32.1 Å². The Labute approximate surface area is 131 Å². The van der Waals surface area contributed by atoms with Gasteiger partial charge in [-0.05, 0) is 67.9 Å². The summed E-state index contributed by atoms with van der Waals surface area (Å²) in [6, 6.07) is 3.51. The molecule has 4 bridgehead atoms. The fourth-order valence-corrected chi connectivity index (χ4v) is 5.50. The quantitative estimate of drug-likeness (QED) is 0.930. The van der Waals surface area contributed by atoms with Gasteiger partial charge in [0.2, 0.25) is 0 Å². The highest BCUT2D eigenvalue weighted by Gasteiger charge is 2.57. The first kappa shape index (κ1) is 14.2. The van der Waals surface area contributed by atoms with Gasteiger partial charge in [-0.25, -0.2) is 0 Å². The number of hydrogen-bond donors (Lipinski definition) is 1. The summed E-state index contributed by atoms with van der Waals surface area (Å²) in [4.78, 5) is 16.3. The number of carbonyl (C=O) groups excluding carboxylic acids is 1. The van der Waals surface area contributed by atoms with Crippen molar-refractivity contribution in [2.24, 2.45) is 23.7 Å². The van der Waals surface area contributed by atoms with Crippen LogP contribution in [-0.2, 0) is 4.74 Å². The normalized spacial score (nSPS) is 39.0. The minimum absolute atomic E-state index is 0.0207.